The highest BCUT2D eigenvalue weighted by Gasteiger charge is 2.39. The van der Waals surface area contributed by atoms with Crippen LogP contribution in [0.1, 0.15) is 24.0 Å². The van der Waals surface area contributed by atoms with Gasteiger partial charge in [0.25, 0.3) is 0 Å². The van der Waals surface area contributed by atoms with Gasteiger partial charge in [-0.3, -0.25) is 9.78 Å². The number of nitrogens with zero attached hydrogens (tertiary/aromatic N) is 2. The summed E-state index contributed by atoms with van der Waals surface area (Å²) >= 11 is 0. The second-order valence-electron chi connectivity index (χ2n) is 6.16. The van der Waals surface area contributed by atoms with Crippen LogP contribution in [0.4, 0.5) is 0 Å². The zero-order valence-electron chi connectivity index (χ0n) is 14.1. The molecule has 1 atom stereocenters. The van der Waals surface area contributed by atoms with E-state index in [0.717, 1.165) is 11.1 Å². The number of amides is 1. The Morgan fingerprint density at radius 3 is 2.56 bits per heavy atom. The second-order valence-corrected chi connectivity index (χ2v) is 8.05. The summed E-state index contributed by atoms with van der Waals surface area (Å²) < 4.78 is 27.1. The molecule has 1 saturated heterocycles. The van der Waals surface area contributed by atoms with Crippen molar-refractivity contribution in [1.82, 2.24) is 14.6 Å². The van der Waals surface area contributed by atoms with Gasteiger partial charge in [0.05, 0.1) is 4.90 Å². The standard InChI is InChI=1S/C18H21N3O3S/c1-14-4-6-16(7-5-14)25(23,24)21-12-2-3-17(21)18(22)20-13-15-8-10-19-11-9-15/h4-11,17H,2-3,12-13H2,1H3,(H,20,22)/t17-/m1/s1. The van der Waals surface area contributed by atoms with E-state index >= 15 is 0 Å². The Bertz CT molecular complexity index is 836. The molecule has 7 heteroatoms. The number of carbonyl (C=O) groups is 1. The van der Waals surface area contributed by atoms with E-state index in [1.807, 2.05) is 19.1 Å². The molecule has 2 aromatic rings. The molecular weight excluding hydrogens is 338 g/mol. The number of carbonyl (C=O) groups excluding carboxylic acids is 1. The molecule has 1 aromatic carbocycles. The average Bonchev–Trinajstić information content (AvgIpc) is 3.12. The second kappa shape index (κ2) is 7.33. The Hall–Kier alpha value is -2.25. The van der Waals surface area contributed by atoms with Crippen molar-refractivity contribution in [3.63, 3.8) is 0 Å². The Morgan fingerprint density at radius 2 is 1.88 bits per heavy atom. The first-order valence-corrected chi connectivity index (χ1v) is 9.67. The molecule has 0 unspecified atom stereocenters. The monoisotopic (exact) mass is 359 g/mol. The first-order valence-electron chi connectivity index (χ1n) is 8.23. The van der Waals surface area contributed by atoms with Crippen LogP contribution in [-0.4, -0.2) is 36.2 Å². The van der Waals surface area contributed by atoms with Crippen LogP contribution in [0, 0.1) is 6.92 Å². The quantitative estimate of drug-likeness (QED) is 0.884. The van der Waals surface area contributed by atoms with Gasteiger partial charge in [0.1, 0.15) is 6.04 Å². The summed E-state index contributed by atoms with van der Waals surface area (Å²) in [6.45, 7) is 2.63. The predicted molar refractivity (Wildman–Crippen MR) is 94.2 cm³/mol. The maximum absolute atomic E-state index is 12.9. The van der Waals surface area contributed by atoms with Crippen LogP contribution < -0.4 is 5.32 Å². The molecule has 2 heterocycles. The maximum Gasteiger partial charge on any atom is 0.243 e. The van der Waals surface area contributed by atoms with E-state index in [9.17, 15) is 13.2 Å². The molecule has 1 N–H and O–H groups in total. The average molecular weight is 359 g/mol. The topological polar surface area (TPSA) is 79.4 Å². The molecule has 1 aromatic heterocycles. The first kappa shape index (κ1) is 17.6. The molecule has 1 fully saturated rings. The minimum atomic E-state index is -3.67. The normalized spacial score (nSPS) is 18.2. The molecule has 1 aliphatic rings. The van der Waals surface area contributed by atoms with Crippen LogP contribution >= 0.6 is 0 Å². The maximum atomic E-state index is 12.9. The van der Waals surface area contributed by atoms with Gasteiger partial charge in [0.15, 0.2) is 0 Å². The van der Waals surface area contributed by atoms with E-state index in [2.05, 4.69) is 10.3 Å². The van der Waals surface area contributed by atoms with Crippen molar-refractivity contribution in [2.75, 3.05) is 6.54 Å². The molecule has 0 aliphatic carbocycles. The number of aromatic nitrogens is 1. The SMILES string of the molecule is Cc1ccc(S(=O)(=O)N2CCC[C@@H]2C(=O)NCc2ccncc2)cc1. The molecule has 25 heavy (non-hydrogen) atoms. The third kappa shape index (κ3) is 3.88. The smallest absolute Gasteiger partial charge is 0.243 e. The van der Waals surface area contributed by atoms with Crippen LogP contribution in [0.5, 0.6) is 0 Å². The van der Waals surface area contributed by atoms with Gasteiger partial charge in [0.2, 0.25) is 15.9 Å². The van der Waals surface area contributed by atoms with Crippen LogP contribution in [0.15, 0.2) is 53.7 Å². The lowest BCUT2D eigenvalue weighted by Crippen LogP contribution is -2.45. The number of benzene rings is 1. The number of hydrogen-bond donors (Lipinski definition) is 1. The molecule has 1 aliphatic heterocycles. The number of aryl methyl sites for hydroxylation is 1. The minimum Gasteiger partial charge on any atom is -0.351 e. The van der Waals surface area contributed by atoms with Crippen molar-refractivity contribution in [1.29, 1.82) is 0 Å². The molecule has 0 spiro atoms. The van der Waals surface area contributed by atoms with Gasteiger partial charge in [-0.05, 0) is 49.6 Å². The fraction of sp³-hybridized carbons (Fsp3) is 0.333. The van der Waals surface area contributed by atoms with Crippen LogP contribution in [0.25, 0.3) is 0 Å². The molecule has 1 amide bonds. The summed E-state index contributed by atoms with van der Waals surface area (Å²) in [7, 11) is -3.67. The highest BCUT2D eigenvalue weighted by molar-refractivity contribution is 7.89. The summed E-state index contributed by atoms with van der Waals surface area (Å²) in [6.07, 6.45) is 4.53. The summed E-state index contributed by atoms with van der Waals surface area (Å²) in [6, 6.07) is 9.69. The van der Waals surface area contributed by atoms with Gasteiger partial charge in [-0.2, -0.15) is 4.31 Å². The summed E-state index contributed by atoms with van der Waals surface area (Å²) in [5, 5.41) is 2.83. The van der Waals surface area contributed by atoms with Crippen molar-refractivity contribution >= 4 is 15.9 Å². The van der Waals surface area contributed by atoms with Crippen molar-refractivity contribution in [3.8, 4) is 0 Å². The molecule has 0 bridgehead atoms. The number of pyridine rings is 1. The first-order chi connectivity index (χ1) is 12.0. The predicted octanol–water partition coefficient (Wildman–Crippen LogP) is 1.86. The number of nitrogens with one attached hydrogen (secondary N) is 1. The third-order valence-corrected chi connectivity index (χ3v) is 6.27. The van der Waals surface area contributed by atoms with Crippen molar-refractivity contribution in [2.24, 2.45) is 0 Å². The van der Waals surface area contributed by atoms with E-state index in [-0.39, 0.29) is 10.8 Å². The largest absolute Gasteiger partial charge is 0.351 e. The summed E-state index contributed by atoms with van der Waals surface area (Å²) in [5.41, 5.74) is 1.92. The Labute approximate surface area is 147 Å². The Balaban J connectivity index is 1.73. The zero-order chi connectivity index (χ0) is 17.9. The number of sulfonamides is 1. The highest BCUT2D eigenvalue weighted by atomic mass is 32.2. The van der Waals surface area contributed by atoms with Gasteiger partial charge >= 0.3 is 0 Å². The highest BCUT2D eigenvalue weighted by Crippen LogP contribution is 2.26. The molecule has 132 valence electrons. The summed E-state index contributed by atoms with van der Waals surface area (Å²) in [5.74, 6) is -0.259. The Kier molecular flexibility index (Phi) is 5.15. The van der Waals surface area contributed by atoms with E-state index in [1.54, 1.807) is 36.7 Å². The van der Waals surface area contributed by atoms with Crippen LogP contribution in [0.2, 0.25) is 0 Å². The molecule has 0 radical (unpaired) electrons. The van der Waals surface area contributed by atoms with Gasteiger partial charge in [-0.1, -0.05) is 17.7 Å². The fourth-order valence-corrected chi connectivity index (χ4v) is 4.60. The van der Waals surface area contributed by atoms with Gasteiger partial charge in [-0.15, -0.1) is 0 Å². The van der Waals surface area contributed by atoms with E-state index in [1.165, 1.54) is 4.31 Å². The van der Waals surface area contributed by atoms with E-state index in [4.69, 9.17) is 0 Å². The lowest BCUT2D eigenvalue weighted by Gasteiger charge is -2.23. The molecular formula is C18H21N3O3S. The molecule has 6 nitrogen and oxygen atoms in total. The lowest BCUT2D eigenvalue weighted by atomic mass is 10.2. The van der Waals surface area contributed by atoms with Crippen molar-refractivity contribution in [3.05, 3.63) is 59.9 Å². The van der Waals surface area contributed by atoms with Crippen molar-refractivity contribution < 1.29 is 13.2 Å². The molecule has 0 saturated carbocycles. The fourth-order valence-electron chi connectivity index (χ4n) is 2.94. The van der Waals surface area contributed by atoms with Gasteiger partial charge < -0.3 is 5.32 Å². The summed E-state index contributed by atoms with van der Waals surface area (Å²) in [4.78, 5) is 16.7. The van der Waals surface area contributed by atoms with Gasteiger partial charge in [0, 0.05) is 25.5 Å². The molecule has 3 rings (SSSR count). The lowest BCUT2D eigenvalue weighted by molar-refractivity contribution is -0.124. The van der Waals surface area contributed by atoms with Crippen molar-refractivity contribution in [2.45, 2.75) is 37.2 Å². The van der Waals surface area contributed by atoms with Crippen LogP contribution in [-0.2, 0) is 21.4 Å². The zero-order valence-corrected chi connectivity index (χ0v) is 14.9. The van der Waals surface area contributed by atoms with E-state index < -0.39 is 16.1 Å². The third-order valence-electron chi connectivity index (χ3n) is 4.35. The van der Waals surface area contributed by atoms with Gasteiger partial charge in [-0.25, -0.2) is 8.42 Å². The number of rotatable bonds is 5. The number of hydrogen-bond acceptors (Lipinski definition) is 4. The Morgan fingerprint density at radius 1 is 1.20 bits per heavy atom. The minimum absolute atomic E-state index is 0.229. The van der Waals surface area contributed by atoms with Crippen LogP contribution in [0.3, 0.4) is 0 Å². The van der Waals surface area contributed by atoms with E-state index in [0.29, 0.717) is 25.9 Å².